The lowest BCUT2D eigenvalue weighted by atomic mass is 10.0. The Morgan fingerprint density at radius 2 is 1.73 bits per heavy atom. The summed E-state index contributed by atoms with van der Waals surface area (Å²) in [7, 11) is 3.18. The molecule has 11 nitrogen and oxygen atoms in total. The molecule has 11 heteroatoms. The molecule has 2 aromatic carbocycles. The van der Waals surface area contributed by atoms with Crippen LogP contribution in [-0.4, -0.2) is 92.6 Å². The Bertz CT molecular complexity index is 1230. The highest BCUT2D eigenvalue weighted by Crippen LogP contribution is 2.30. The van der Waals surface area contributed by atoms with E-state index in [1.165, 1.54) is 0 Å². The number of methoxy groups -OCH3 is 2. The summed E-state index contributed by atoms with van der Waals surface area (Å²) in [5.74, 6) is 0.514. The van der Waals surface area contributed by atoms with Crippen LogP contribution in [0.2, 0.25) is 0 Å². The molecule has 1 saturated heterocycles. The van der Waals surface area contributed by atoms with E-state index in [2.05, 4.69) is 5.32 Å². The molecule has 1 heterocycles. The van der Waals surface area contributed by atoms with Gasteiger partial charge in [-0.2, -0.15) is 0 Å². The number of nitrogens with one attached hydrogen (secondary N) is 1. The number of likely N-dealkylation sites (tertiary alicyclic amines) is 1. The van der Waals surface area contributed by atoms with Crippen LogP contribution >= 0.6 is 0 Å². The molecule has 0 unspecified atom stereocenters. The van der Waals surface area contributed by atoms with Gasteiger partial charge in [0.25, 0.3) is 5.91 Å². The van der Waals surface area contributed by atoms with Crippen LogP contribution in [0.1, 0.15) is 57.0 Å². The van der Waals surface area contributed by atoms with Gasteiger partial charge in [0.2, 0.25) is 0 Å². The minimum Gasteiger partial charge on any atom is -0.493 e. The van der Waals surface area contributed by atoms with E-state index in [-0.39, 0.29) is 37.6 Å². The quantitative estimate of drug-likeness (QED) is 0.310. The summed E-state index contributed by atoms with van der Waals surface area (Å²) in [5, 5.41) is 2.93. The maximum Gasteiger partial charge on any atom is 0.410 e. The molecule has 44 heavy (non-hydrogen) atoms. The zero-order valence-corrected chi connectivity index (χ0v) is 27.0. The van der Waals surface area contributed by atoms with Crippen molar-refractivity contribution in [3.8, 4) is 11.5 Å². The number of carbonyl (C=O) groups is 3. The predicted molar refractivity (Wildman–Crippen MR) is 166 cm³/mol. The van der Waals surface area contributed by atoms with E-state index in [1.807, 2.05) is 44.2 Å². The van der Waals surface area contributed by atoms with Crippen molar-refractivity contribution in [2.45, 2.75) is 65.3 Å². The van der Waals surface area contributed by atoms with Crippen LogP contribution < -0.4 is 14.8 Å². The van der Waals surface area contributed by atoms with Gasteiger partial charge in [-0.1, -0.05) is 30.3 Å². The first-order chi connectivity index (χ1) is 20.9. The van der Waals surface area contributed by atoms with Gasteiger partial charge in [-0.3, -0.25) is 4.79 Å². The van der Waals surface area contributed by atoms with Crippen molar-refractivity contribution in [3.63, 3.8) is 0 Å². The Morgan fingerprint density at radius 1 is 1.00 bits per heavy atom. The van der Waals surface area contributed by atoms with Gasteiger partial charge in [0, 0.05) is 57.3 Å². The molecular weight excluding hydrogens is 566 g/mol. The minimum absolute atomic E-state index is 0.115. The third-order valence-electron chi connectivity index (χ3n) is 7.09. The molecule has 242 valence electrons. The molecule has 1 N–H and O–H groups in total. The van der Waals surface area contributed by atoms with Crippen LogP contribution in [0.15, 0.2) is 48.5 Å². The van der Waals surface area contributed by atoms with Gasteiger partial charge in [-0.05, 0) is 58.4 Å². The van der Waals surface area contributed by atoms with Crippen molar-refractivity contribution in [2.75, 3.05) is 47.1 Å². The third kappa shape index (κ3) is 10.3. The number of rotatable bonds is 13. The first-order valence-electron chi connectivity index (χ1n) is 15.0. The van der Waals surface area contributed by atoms with Gasteiger partial charge in [-0.25, -0.2) is 9.59 Å². The van der Waals surface area contributed by atoms with E-state index in [9.17, 15) is 14.4 Å². The van der Waals surface area contributed by atoms with Crippen LogP contribution in [0.5, 0.6) is 11.5 Å². The maximum absolute atomic E-state index is 13.9. The van der Waals surface area contributed by atoms with E-state index in [0.717, 1.165) is 5.56 Å². The molecule has 3 rings (SSSR count). The second kappa shape index (κ2) is 16.2. The number of benzene rings is 2. The predicted octanol–water partition coefficient (Wildman–Crippen LogP) is 5.12. The van der Waals surface area contributed by atoms with Gasteiger partial charge in [-0.15, -0.1) is 0 Å². The fourth-order valence-electron chi connectivity index (χ4n) is 4.87. The van der Waals surface area contributed by atoms with Gasteiger partial charge in [0.05, 0.1) is 19.8 Å². The summed E-state index contributed by atoms with van der Waals surface area (Å²) in [5.41, 5.74) is 0.624. The summed E-state index contributed by atoms with van der Waals surface area (Å²) in [4.78, 5) is 43.0. The Hall–Kier alpha value is -3.99. The smallest absolute Gasteiger partial charge is 0.410 e. The standard InChI is InChI=1S/C33H47N3O8/c1-23(2)36(30(37)25-14-15-28(41-7)29(18-25)42-17-11-16-40-6)20-26-19-35(32(39)44-33(3,4)5)21-27(26)34-31(38)43-22-24-12-9-8-10-13-24/h8-10,12-15,18,23,26-27H,11,16-17,19-22H2,1-7H3,(H,34,38)/t26-,27+/m0/s1. The van der Waals surface area contributed by atoms with E-state index in [4.69, 9.17) is 23.7 Å². The fraction of sp³-hybridized carbons (Fsp3) is 0.545. The highest BCUT2D eigenvalue weighted by atomic mass is 16.6. The molecule has 0 radical (unpaired) electrons. The molecule has 0 saturated carbocycles. The maximum atomic E-state index is 13.9. The average molecular weight is 614 g/mol. The molecule has 0 spiro atoms. The van der Waals surface area contributed by atoms with Crippen LogP contribution in [0, 0.1) is 5.92 Å². The molecule has 0 aliphatic carbocycles. The largest absolute Gasteiger partial charge is 0.493 e. The topological polar surface area (TPSA) is 116 Å². The first-order valence-corrected chi connectivity index (χ1v) is 15.0. The Morgan fingerprint density at radius 3 is 2.36 bits per heavy atom. The SMILES string of the molecule is COCCCOc1cc(C(=O)N(C[C@@H]2CN(C(=O)OC(C)(C)C)C[C@H]2NC(=O)OCc2ccccc2)C(C)C)ccc1OC. The summed E-state index contributed by atoms with van der Waals surface area (Å²) < 4.78 is 27.5. The van der Waals surface area contributed by atoms with Crippen LogP contribution in [0.3, 0.4) is 0 Å². The molecule has 3 amide bonds. The van der Waals surface area contributed by atoms with Crippen molar-refractivity contribution in [3.05, 3.63) is 59.7 Å². The van der Waals surface area contributed by atoms with Crippen molar-refractivity contribution in [1.29, 1.82) is 0 Å². The van der Waals surface area contributed by atoms with Crippen molar-refractivity contribution < 1.29 is 38.1 Å². The van der Waals surface area contributed by atoms with Gasteiger partial charge < -0.3 is 38.8 Å². The fourth-order valence-corrected chi connectivity index (χ4v) is 4.87. The second-order valence-electron chi connectivity index (χ2n) is 12.1. The lowest BCUT2D eigenvalue weighted by Gasteiger charge is -2.31. The monoisotopic (exact) mass is 613 g/mol. The lowest BCUT2D eigenvalue weighted by molar-refractivity contribution is 0.0282. The molecule has 0 bridgehead atoms. The Kier molecular flexibility index (Phi) is 12.7. The van der Waals surface area contributed by atoms with Crippen LogP contribution in [0.25, 0.3) is 0 Å². The van der Waals surface area contributed by atoms with E-state index in [1.54, 1.807) is 63.0 Å². The summed E-state index contributed by atoms with van der Waals surface area (Å²) in [6.07, 6.45) is -0.381. The van der Waals surface area contributed by atoms with Gasteiger partial charge in [0.15, 0.2) is 11.5 Å². The van der Waals surface area contributed by atoms with Crippen LogP contribution in [-0.2, 0) is 20.8 Å². The summed E-state index contributed by atoms with van der Waals surface area (Å²) in [6, 6.07) is 13.9. The van der Waals surface area contributed by atoms with Crippen molar-refractivity contribution in [2.24, 2.45) is 5.92 Å². The number of carbonyl (C=O) groups excluding carboxylic acids is 3. The number of amides is 3. The number of ether oxygens (including phenoxy) is 5. The third-order valence-corrected chi connectivity index (χ3v) is 7.09. The number of hydrogen-bond acceptors (Lipinski definition) is 8. The van der Waals surface area contributed by atoms with E-state index < -0.39 is 23.8 Å². The number of alkyl carbamates (subject to hydrolysis) is 1. The lowest BCUT2D eigenvalue weighted by Crippen LogP contribution is -2.47. The average Bonchev–Trinajstić information content (AvgIpc) is 3.38. The van der Waals surface area contributed by atoms with Crippen molar-refractivity contribution >= 4 is 18.1 Å². The van der Waals surface area contributed by atoms with E-state index in [0.29, 0.717) is 43.2 Å². The number of nitrogens with zero attached hydrogens (tertiary/aromatic N) is 2. The van der Waals surface area contributed by atoms with Crippen molar-refractivity contribution in [1.82, 2.24) is 15.1 Å². The van der Waals surface area contributed by atoms with E-state index >= 15 is 0 Å². The molecule has 1 aliphatic rings. The molecule has 0 aromatic heterocycles. The Labute approximate surface area is 260 Å². The zero-order chi connectivity index (χ0) is 32.3. The summed E-state index contributed by atoms with van der Waals surface area (Å²) >= 11 is 0. The van der Waals surface area contributed by atoms with Gasteiger partial charge >= 0.3 is 12.2 Å². The van der Waals surface area contributed by atoms with Gasteiger partial charge in [0.1, 0.15) is 12.2 Å². The first kappa shape index (κ1) is 34.5. The molecule has 1 aliphatic heterocycles. The van der Waals surface area contributed by atoms with Crippen LogP contribution in [0.4, 0.5) is 9.59 Å². The number of hydrogen-bond donors (Lipinski definition) is 1. The summed E-state index contributed by atoms with van der Waals surface area (Å²) in [6.45, 7) is 11.2. The molecular formula is C33H47N3O8. The molecule has 1 fully saturated rings. The minimum atomic E-state index is -0.676. The Balaban J connectivity index is 1.78. The zero-order valence-electron chi connectivity index (χ0n) is 27.0. The highest BCUT2D eigenvalue weighted by molar-refractivity contribution is 5.95. The molecule has 2 atom stereocenters. The second-order valence-corrected chi connectivity index (χ2v) is 12.1. The molecule has 2 aromatic rings. The normalized spacial score (nSPS) is 16.4. The highest BCUT2D eigenvalue weighted by Gasteiger charge is 2.40.